The lowest BCUT2D eigenvalue weighted by Gasteiger charge is -2.28. The van der Waals surface area contributed by atoms with Crippen LogP contribution in [0.5, 0.6) is 0 Å². The van der Waals surface area contributed by atoms with Crippen LogP contribution < -0.4 is 15.5 Å². The highest BCUT2D eigenvalue weighted by Crippen LogP contribution is 2.30. The number of benzene rings is 2. The van der Waals surface area contributed by atoms with Gasteiger partial charge in [0.05, 0.1) is 17.4 Å². The quantitative estimate of drug-likeness (QED) is 0.540. The molecule has 0 aliphatic carbocycles. The van der Waals surface area contributed by atoms with Crippen molar-refractivity contribution in [2.75, 3.05) is 36.4 Å². The maximum Gasteiger partial charge on any atom is 0.227 e. The van der Waals surface area contributed by atoms with Gasteiger partial charge in [-0.05, 0) is 18.2 Å². The molecule has 0 radical (unpaired) electrons. The lowest BCUT2D eigenvalue weighted by Crippen LogP contribution is -2.43. The van der Waals surface area contributed by atoms with E-state index < -0.39 is 0 Å². The Morgan fingerprint density at radius 2 is 1.70 bits per heavy atom. The van der Waals surface area contributed by atoms with E-state index in [1.807, 2.05) is 36.4 Å². The first kappa shape index (κ1) is 18.4. The van der Waals surface area contributed by atoms with Crippen molar-refractivity contribution in [1.82, 2.24) is 20.3 Å². The SMILES string of the molecule is Fc1ccccc1-c1cccc2cnc(Nc3ccc(N4CCNCC4)nc3)nc12. The Labute approximate surface area is 173 Å². The zero-order valence-corrected chi connectivity index (χ0v) is 16.3. The van der Waals surface area contributed by atoms with Crippen LogP contribution in [0.4, 0.5) is 21.8 Å². The fourth-order valence-corrected chi connectivity index (χ4v) is 3.68. The van der Waals surface area contributed by atoms with Crippen molar-refractivity contribution in [3.63, 3.8) is 0 Å². The Kier molecular flexibility index (Phi) is 4.94. The number of nitrogens with zero attached hydrogens (tertiary/aromatic N) is 4. The number of hydrogen-bond donors (Lipinski definition) is 2. The van der Waals surface area contributed by atoms with Gasteiger partial charge in [-0.15, -0.1) is 0 Å². The smallest absolute Gasteiger partial charge is 0.227 e. The van der Waals surface area contributed by atoms with E-state index in [4.69, 9.17) is 0 Å². The van der Waals surface area contributed by atoms with Gasteiger partial charge < -0.3 is 15.5 Å². The molecule has 1 saturated heterocycles. The Bertz CT molecular complexity index is 1170. The minimum atomic E-state index is -0.272. The molecule has 5 rings (SSSR count). The molecular weight excluding hydrogens is 379 g/mol. The summed E-state index contributed by atoms with van der Waals surface area (Å²) >= 11 is 0. The van der Waals surface area contributed by atoms with Gasteiger partial charge in [-0.1, -0.05) is 36.4 Å². The Balaban J connectivity index is 1.44. The molecule has 1 fully saturated rings. The minimum absolute atomic E-state index is 0.272. The topological polar surface area (TPSA) is 66.0 Å². The number of rotatable bonds is 4. The van der Waals surface area contributed by atoms with Gasteiger partial charge in [0.15, 0.2) is 0 Å². The van der Waals surface area contributed by atoms with Crippen molar-refractivity contribution in [2.24, 2.45) is 0 Å². The number of aromatic nitrogens is 3. The summed E-state index contributed by atoms with van der Waals surface area (Å²) in [5, 5.41) is 7.41. The summed E-state index contributed by atoms with van der Waals surface area (Å²) in [5.74, 6) is 1.14. The van der Waals surface area contributed by atoms with Crippen molar-refractivity contribution in [3.8, 4) is 11.1 Å². The van der Waals surface area contributed by atoms with Crippen LogP contribution in [0.25, 0.3) is 22.0 Å². The van der Waals surface area contributed by atoms with E-state index in [1.54, 1.807) is 24.5 Å². The second-order valence-corrected chi connectivity index (χ2v) is 7.18. The number of nitrogens with one attached hydrogen (secondary N) is 2. The largest absolute Gasteiger partial charge is 0.354 e. The van der Waals surface area contributed by atoms with E-state index in [0.29, 0.717) is 17.0 Å². The summed E-state index contributed by atoms with van der Waals surface area (Å²) in [4.78, 5) is 15.9. The molecule has 3 heterocycles. The second-order valence-electron chi connectivity index (χ2n) is 7.18. The van der Waals surface area contributed by atoms with E-state index in [1.165, 1.54) is 6.07 Å². The standard InChI is InChI=1S/C23H21FN6/c24-20-7-2-1-5-18(20)19-6-3-4-16-14-27-23(29-22(16)19)28-17-8-9-21(26-15-17)30-12-10-25-11-13-30/h1-9,14-15,25H,10-13H2,(H,27,28,29). The summed E-state index contributed by atoms with van der Waals surface area (Å²) in [6, 6.07) is 16.4. The zero-order chi connectivity index (χ0) is 20.3. The third-order valence-corrected chi connectivity index (χ3v) is 5.22. The first-order chi connectivity index (χ1) is 14.8. The van der Waals surface area contributed by atoms with Gasteiger partial charge in [-0.25, -0.2) is 19.3 Å². The Morgan fingerprint density at radius 3 is 2.50 bits per heavy atom. The number of anilines is 3. The van der Waals surface area contributed by atoms with Crippen LogP contribution >= 0.6 is 0 Å². The van der Waals surface area contributed by atoms with Crippen LogP contribution in [0.3, 0.4) is 0 Å². The van der Waals surface area contributed by atoms with Gasteiger partial charge in [0.25, 0.3) is 0 Å². The van der Waals surface area contributed by atoms with Gasteiger partial charge in [0.2, 0.25) is 5.95 Å². The van der Waals surface area contributed by atoms with Crippen LogP contribution in [0.15, 0.2) is 67.0 Å². The maximum atomic E-state index is 14.4. The average Bonchev–Trinajstić information content (AvgIpc) is 2.80. The summed E-state index contributed by atoms with van der Waals surface area (Å²) in [5.41, 5.74) is 2.76. The van der Waals surface area contributed by atoms with E-state index >= 15 is 0 Å². The normalized spacial score (nSPS) is 14.1. The van der Waals surface area contributed by atoms with Crippen molar-refractivity contribution in [2.45, 2.75) is 0 Å². The molecule has 7 heteroatoms. The average molecular weight is 400 g/mol. The van der Waals surface area contributed by atoms with Gasteiger partial charge in [-0.3, -0.25) is 0 Å². The monoisotopic (exact) mass is 400 g/mol. The van der Waals surface area contributed by atoms with Crippen molar-refractivity contribution in [3.05, 3.63) is 72.8 Å². The molecule has 2 aromatic carbocycles. The summed E-state index contributed by atoms with van der Waals surface area (Å²) in [7, 11) is 0. The molecule has 30 heavy (non-hydrogen) atoms. The van der Waals surface area contributed by atoms with E-state index in [0.717, 1.165) is 48.6 Å². The highest BCUT2D eigenvalue weighted by Gasteiger charge is 2.13. The molecule has 0 atom stereocenters. The fraction of sp³-hybridized carbons (Fsp3) is 0.174. The first-order valence-electron chi connectivity index (χ1n) is 9.97. The Morgan fingerprint density at radius 1 is 0.867 bits per heavy atom. The van der Waals surface area contributed by atoms with Crippen molar-refractivity contribution < 1.29 is 4.39 Å². The molecule has 0 spiro atoms. The lowest BCUT2D eigenvalue weighted by molar-refractivity contribution is 0.585. The molecule has 2 N–H and O–H groups in total. The summed E-state index contributed by atoms with van der Waals surface area (Å²) < 4.78 is 14.4. The van der Waals surface area contributed by atoms with E-state index in [2.05, 4.69) is 30.5 Å². The van der Waals surface area contributed by atoms with Crippen LogP contribution in [0, 0.1) is 5.82 Å². The summed E-state index contributed by atoms with van der Waals surface area (Å²) in [6.07, 6.45) is 3.53. The van der Waals surface area contributed by atoms with Crippen LogP contribution in [-0.2, 0) is 0 Å². The highest BCUT2D eigenvalue weighted by atomic mass is 19.1. The highest BCUT2D eigenvalue weighted by molar-refractivity contribution is 5.94. The third kappa shape index (κ3) is 3.67. The number of pyridine rings is 1. The van der Waals surface area contributed by atoms with E-state index in [-0.39, 0.29) is 5.82 Å². The molecule has 1 aliphatic rings. The van der Waals surface area contributed by atoms with Crippen molar-refractivity contribution in [1.29, 1.82) is 0 Å². The molecule has 0 amide bonds. The molecule has 6 nitrogen and oxygen atoms in total. The number of halogens is 1. The Hall–Kier alpha value is -3.58. The third-order valence-electron chi connectivity index (χ3n) is 5.22. The molecule has 0 bridgehead atoms. The molecule has 0 saturated carbocycles. The van der Waals surface area contributed by atoms with Crippen LogP contribution in [-0.4, -0.2) is 41.1 Å². The molecule has 2 aromatic heterocycles. The predicted octanol–water partition coefficient (Wildman–Crippen LogP) is 3.98. The second kappa shape index (κ2) is 8.04. The minimum Gasteiger partial charge on any atom is -0.354 e. The number of fused-ring (bicyclic) bond motifs is 1. The molecule has 0 unspecified atom stereocenters. The molecule has 4 aromatic rings. The fourth-order valence-electron chi connectivity index (χ4n) is 3.68. The summed E-state index contributed by atoms with van der Waals surface area (Å²) in [6.45, 7) is 3.84. The number of piperazine rings is 1. The van der Waals surface area contributed by atoms with Gasteiger partial charge in [-0.2, -0.15) is 0 Å². The predicted molar refractivity (Wildman–Crippen MR) is 118 cm³/mol. The van der Waals surface area contributed by atoms with Crippen LogP contribution in [0.2, 0.25) is 0 Å². The number of hydrogen-bond acceptors (Lipinski definition) is 6. The molecule has 150 valence electrons. The van der Waals surface area contributed by atoms with Crippen LogP contribution in [0.1, 0.15) is 0 Å². The number of para-hydroxylation sites is 1. The van der Waals surface area contributed by atoms with Gasteiger partial charge in [0.1, 0.15) is 11.6 Å². The van der Waals surface area contributed by atoms with Gasteiger partial charge in [0, 0.05) is 48.9 Å². The van der Waals surface area contributed by atoms with Gasteiger partial charge >= 0.3 is 0 Å². The first-order valence-corrected chi connectivity index (χ1v) is 9.97. The zero-order valence-electron chi connectivity index (χ0n) is 16.3. The molecular formula is C23H21FN6. The van der Waals surface area contributed by atoms with E-state index in [9.17, 15) is 4.39 Å². The maximum absolute atomic E-state index is 14.4. The molecule has 1 aliphatic heterocycles. The lowest BCUT2D eigenvalue weighted by atomic mass is 10.0. The van der Waals surface area contributed by atoms with Crippen molar-refractivity contribution >= 4 is 28.4 Å².